The maximum Gasteiger partial charge on any atom is 0.233 e. The van der Waals surface area contributed by atoms with E-state index in [4.69, 9.17) is 4.74 Å². The average molecular weight is 451 g/mol. The van der Waals surface area contributed by atoms with Crippen LogP contribution in [0.3, 0.4) is 0 Å². The van der Waals surface area contributed by atoms with Crippen molar-refractivity contribution in [2.45, 2.75) is 13.3 Å². The van der Waals surface area contributed by atoms with E-state index in [1.54, 1.807) is 0 Å². The molecule has 1 aromatic carbocycles. The van der Waals surface area contributed by atoms with Gasteiger partial charge in [-0.25, -0.2) is 8.42 Å². The van der Waals surface area contributed by atoms with Gasteiger partial charge in [-0.2, -0.15) is 0 Å². The summed E-state index contributed by atoms with van der Waals surface area (Å²) in [6, 6.07) is 2.61. The first-order chi connectivity index (χ1) is 13.0. The molecule has 0 atom stereocenters. The number of benzene rings is 1. The lowest BCUT2D eigenvalue weighted by Crippen LogP contribution is -3.00. The van der Waals surface area contributed by atoms with Crippen LogP contribution in [0.25, 0.3) is 0 Å². The van der Waals surface area contributed by atoms with Gasteiger partial charge in [-0.3, -0.25) is 14.4 Å². The second kappa shape index (κ2) is 10.3. The Labute approximate surface area is 179 Å². The zero-order chi connectivity index (χ0) is 20.9. The van der Waals surface area contributed by atoms with Crippen molar-refractivity contribution in [3.8, 4) is 11.5 Å². The summed E-state index contributed by atoms with van der Waals surface area (Å²) in [4.78, 5) is 13.5. The van der Waals surface area contributed by atoms with Crippen molar-refractivity contribution in [1.82, 2.24) is 4.90 Å². The molecule has 166 valence electrons. The molecule has 1 fully saturated rings. The zero-order valence-corrected chi connectivity index (χ0v) is 18.9. The number of aromatic hydroxyl groups is 1. The van der Waals surface area contributed by atoms with Crippen LogP contribution in [0.15, 0.2) is 12.1 Å². The van der Waals surface area contributed by atoms with E-state index < -0.39 is 10.0 Å². The van der Waals surface area contributed by atoms with Crippen LogP contribution in [0.1, 0.15) is 13.3 Å². The molecule has 0 bridgehead atoms. The third kappa shape index (κ3) is 7.54. The van der Waals surface area contributed by atoms with Crippen LogP contribution >= 0.6 is 0 Å². The fraction of sp³-hybridized carbons (Fsp3) is 0.611. The zero-order valence-electron chi connectivity index (χ0n) is 17.4. The van der Waals surface area contributed by atoms with Gasteiger partial charge in [-0.1, -0.05) is 0 Å². The number of quaternary nitrogens is 1. The lowest BCUT2D eigenvalue weighted by Gasteiger charge is -2.41. The number of phenols is 1. The number of sulfonamides is 1. The van der Waals surface area contributed by atoms with E-state index in [0.29, 0.717) is 6.42 Å². The van der Waals surface area contributed by atoms with E-state index in [-0.39, 0.29) is 46.9 Å². The maximum absolute atomic E-state index is 12.5. The van der Waals surface area contributed by atoms with Crippen molar-refractivity contribution in [3.05, 3.63) is 12.1 Å². The van der Waals surface area contributed by atoms with Crippen LogP contribution in [-0.4, -0.2) is 88.5 Å². The molecular formula is C18H31ClN4O5S. The SMILES string of the molecule is COc1cc(NS(=O)(=O)CCC[N+]2(C)CCN(C)CC2)c(O)cc1NC(C)=O.[Cl-]. The molecule has 29 heavy (non-hydrogen) atoms. The minimum atomic E-state index is -3.63. The van der Waals surface area contributed by atoms with Crippen molar-refractivity contribution < 1.29 is 39.9 Å². The minimum absolute atomic E-state index is 0. The van der Waals surface area contributed by atoms with Crippen molar-refractivity contribution in [1.29, 1.82) is 0 Å². The summed E-state index contributed by atoms with van der Waals surface area (Å²) >= 11 is 0. The van der Waals surface area contributed by atoms with Crippen molar-refractivity contribution >= 4 is 27.3 Å². The molecule has 0 spiro atoms. The highest BCUT2D eigenvalue weighted by atomic mass is 35.5. The lowest BCUT2D eigenvalue weighted by molar-refractivity contribution is -0.913. The number of hydrogen-bond acceptors (Lipinski definition) is 6. The van der Waals surface area contributed by atoms with Gasteiger partial charge in [0, 0.05) is 38.6 Å². The lowest BCUT2D eigenvalue weighted by atomic mass is 10.2. The van der Waals surface area contributed by atoms with E-state index in [1.807, 2.05) is 0 Å². The number of anilines is 2. The highest BCUT2D eigenvalue weighted by Crippen LogP contribution is 2.36. The molecule has 11 heteroatoms. The number of phenolic OH excluding ortho intramolecular Hbond substituents is 1. The van der Waals surface area contributed by atoms with E-state index in [0.717, 1.165) is 37.2 Å². The van der Waals surface area contributed by atoms with Gasteiger partial charge in [0.15, 0.2) is 0 Å². The number of methoxy groups -OCH3 is 1. The smallest absolute Gasteiger partial charge is 0.233 e. The van der Waals surface area contributed by atoms with E-state index >= 15 is 0 Å². The third-order valence-electron chi connectivity index (χ3n) is 5.05. The number of piperazine rings is 1. The number of carbonyl (C=O) groups is 1. The largest absolute Gasteiger partial charge is 1.00 e. The molecule has 0 unspecified atom stereocenters. The Kier molecular flexibility index (Phi) is 9.01. The third-order valence-corrected chi connectivity index (χ3v) is 6.41. The van der Waals surface area contributed by atoms with Crippen LogP contribution in [0, 0.1) is 0 Å². The molecule has 0 saturated carbocycles. The van der Waals surface area contributed by atoms with Crippen molar-refractivity contribution in [2.75, 3.05) is 69.7 Å². The first-order valence-corrected chi connectivity index (χ1v) is 10.9. The molecule has 0 radical (unpaired) electrons. The Bertz CT molecular complexity index is 811. The average Bonchev–Trinajstić information content (AvgIpc) is 2.59. The second-order valence-corrected chi connectivity index (χ2v) is 9.46. The number of ether oxygens (including phenoxy) is 1. The molecule has 1 saturated heterocycles. The fourth-order valence-corrected chi connectivity index (χ4v) is 4.34. The van der Waals surface area contributed by atoms with Crippen molar-refractivity contribution in [3.63, 3.8) is 0 Å². The van der Waals surface area contributed by atoms with Crippen molar-refractivity contribution in [2.24, 2.45) is 0 Å². The molecule has 0 aliphatic carbocycles. The molecule has 9 nitrogen and oxygen atoms in total. The second-order valence-electron chi connectivity index (χ2n) is 7.62. The molecule has 0 aromatic heterocycles. The van der Waals surface area contributed by atoms with Crippen LogP contribution < -0.4 is 27.2 Å². The Morgan fingerprint density at radius 1 is 1.28 bits per heavy atom. The highest BCUT2D eigenvalue weighted by Gasteiger charge is 2.27. The van der Waals surface area contributed by atoms with Gasteiger partial charge in [0.2, 0.25) is 15.9 Å². The number of amides is 1. The fourth-order valence-electron chi connectivity index (χ4n) is 3.23. The maximum atomic E-state index is 12.5. The van der Waals surface area contributed by atoms with Gasteiger partial charge in [-0.15, -0.1) is 0 Å². The molecule has 3 N–H and O–H groups in total. The topological polar surface area (TPSA) is 108 Å². The standard InChI is InChI=1S/C18H30N4O5S.ClH/c1-14(23)19-16-12-17(24)15(13-18(16)27-4)20-28(25,26)11-5-8-22(3)9-6-21(2)7-10-22;/h12-13,20H,5-11H2,1-4H3,(H-,19,23,24);1H. The molecule has 1 aliphatic heterocycles. The van der Waals surface area contributed by atoms with Gasteiger partial charge in [0.25, 0.3) is 0 Å². The highest BCUT2D eigenvalue weighted by molar-refractivity contribution is 7.92. The number of rotatable bonds is 8. The van der Waals surface area contributed by atoms with Crippen LogP contribution in [0.4, 0.5) is 11.4 Å². The summed E-state index contributed by atoms with van der Waals surface area (Å²) < 4.78 is 33.4. The Morgan fingerprint density at radius 2 is 1.90 bits per heavy atom. The van der Waals surface area contributed by atoms with Crippen LogP contribution in [0.5, 0.6) is 11.5 Å². The van der Waals surface area contributed by atoms with Gasteiger partial charge >= 0.3 is 0 Å². The van der Waals surface area contributed by atoms with Gasteiger partial charge in [-0.05, 0) is 7.05 Å². The monoisotopic (exact) mass is 450 g/mol. The minimum Gasteiger partial charge on any atom is -1.00 e. The van der Waals surface area contributed by atoms with E-state index in [1.165, 1.54) is 26.2 Å². The summed E-state index contributed by atoms with van der Waals surface area (Å²) in [5, 5.41) is 12.7. The Morgan fingerprint density at radius 3 is 2.45 bits per heavy atom. The van der Waals surface area contributed by atoms with Gasteiger partial charge in [0.1, 0.15) is 11.5 Å². The Balaban J connectivity index is 0.00000420. The van der Waals surface area contributed by atoms with Crippen LogP contribution in [0.2, 0.25) is 0 Å². The van der Waals surface area contributed by atoms with E-state index in [2.05, 4.69) is 29.0 Å². The summed E-state index contributed by atoms with van der Waals surface area (Å²) in [6.45, 7) is 6.15. The van der Waals surface area contributed by atoms with Gasteiger partial charge in [0.05, 0.1) is 50.9 Å². The molecular weight excluding hydrogens is 420 g/mol. The number of nitrogens with one attached hydrogen (secondary N) is 2. The Hall–Kier alpha value is -1.75. The first kappa shape index (κ1) is 25.3. The predicted molar refractivity (Wildman–Crippen MR) is 109 cm³/mol. The number of nitrogens with zero attached hydrogens (tertiary/aromatic N) is 2. The summed E-state index contributed by atoms with van der Waals surface area (Å²) in [7, 11) is 2.02. The predicted octanol–water partition coefficient (Wildman–Crippen LogP) is -2.11. The van der Waals surface area contributed by atoms with Gasteiger partial charge < -0.3 is 32.1 Å². The molecule has 1 heterocycles. The number of likely N-dealkylation sites (N-methyl/N-ethyl adjacent to an activating group) is 2. The summed E-state index contributed by atoms with van der Waals surface area (Å²) in [5.41, 5.74) is 0.286. The summed E-state index contributed by atoms with van der Waals surface area (Å²) in [6.07, 6.45) is 0.525. The first-order valence-electron chi connectivity index (χ1n) is 9.25. The molecule has 1 aliphatic rings. The quantitative estimate of drug-likeness (QED) is 0.309. The normalized spacial score (nSPS) is 16.6. The molecule has 1 aromatic rings. The molecule has 1 amide bonds. The van der Waals surface area contributed by atoms with Crippen LogP contribution in [-0.2, 0) is 14.8 Å². The number of hydrogen-bond donors (Lipinski definition) is 3. The molecule has 2 rings (SSSR count). The number of halogens is 1. The number of carbonyl (C=O) groups excluding carboxylic acids is 1. The summed E-state index contributed by atoms with van der Waals surface area (Å²) in [5.74, 6) is -0.398. The van der Waals surface area contributed by atoms with E-state index in [9.17, 15) is 18.3 Å².